The van der Waals surface area contributed by atoms with E-state index < -0.39 is 0 Å². The Bertz CT molecular complexity index is 626. The zero-order valence-electron chi connectivity index (χ0n) is 10.9. The molecule has 5 heteroatoms. The lowest BCUT2D eigenvalue weighted by Crippen LogP contribution is -3.00. The van der Waals surface area contributed by atoms with Gasteiger partial charge in [-0.1, -0.05) is 45.9 Å². The molecule has 2 aromatic carbocycles. The van der Waals surface area contributed by atoms with Gasteiger partial charge in [0.15, 0.2) is 5.17 Å². The van der Waals surface area contributed by atoms with Gasteiger partial charge in [-0.2, -0.15) is 0 Å². The number of halogens is 2. The molecule has 1 heterocycles. The molecule has 0 atom stereocenters. The van der Waals surface area contributed by atoms with Crippen LogP contribution in [-0.2, 0) is 6.54 Å². The predicted molar refractivity (Wildman–Crippen MR) is 87.4 cm³/mol. The molecule has 0 unspecified atom stereocenters. The summed E-state index contributed by atoms with van der Waals surface area (Å²) in [5.41, 5.74) is 3.52. The molecule has 0 aromatic heterocycles. The number of fused-ring (bicyclic) bond motifs is 1. The molecule has 1 aliphatic rings. The van der Waals surface area contributed by atoms with Crippen LogP contribution in [-0.4, -0.2) is 11.4 Å². The van der Waals surface area contributed by atoms with Crippen molar-refractivity contribution in [2.45, 2.75) is 6.54 Å². The highest BCUT2D eigenvalue weighted by Gasteiger charge is 2.20. The average molecular weight is 413 g/mol. The quantitative estimate of drug-likeness (QED) is 0.709. The number of anilines is 1. The summed E-state index contributed by atoms with van der Waals surface area (Å²) in [7, 11) is 0. The van der Waals surface area contributed by atoms with Crippen LogP contribution in [0, 0.1) is 0 Å². The number of hydrogen-bond donors (Lipinski definition) is 0. The van der Waals surface area contributed by atoms with Gasteiger partial charge in [-0.25, -0.2) is 4.99 Å². The van der Waals surface area contributed by atoms with Crippen LogP contribution < -0.4 is 21.9 Å². The van der Waals surface area contributed by atoms with Gasteiger partial charge in [-0.3, -0.25) is 0 Å². The zero-order chi connectivity index (χ0) is 13.2. The monoisotopic (exact) mass is 411 g/mol. The Morgan fingerprint density at radius 3 is 2.50 bits per heavy atom. The number of thioether (sulfide) groups is 1. The topological polar surface area (TPSA) is 15.6 Å². The van der Waals surface area contributed by atoms with Crippen molar-refractivity contribution in [3.63, 3.8) is 0 Å². The van der Waals surface area contributed by atoms with Gasteiger partial charge in [-0.15, -0.1) is 0 Å². The first-order valence-electron chi connectivity index (χ1n) is 6.01. The van der Waals surface area contributed by atoms with Crippen molar-refractivity contribution in [3.05, 3.63) is 58.6 Å². The standard InChI is InChI=1S/C15H13BrN2S.BrH/c1-19-15-17-14-5-3-2-4-11(14)10-18(15)13-8-6-12(16)7-9-13;/h2-9H,10H2,1H3;1H/p-1. The van der Waals surface area contributed by atoms with Gasteiger partial charge in [0.2, 0.25) is 0 Å². The molecule has 0 spiro atoms. The Morgan fingerprint density at radius 1 is 1.10 bits per heavy atom. The van der Waals surface area contributed by atoms with Gasteiger partial charge >= 0.3 is 0 Å². The van der Waals surface area contributed by atoms with Crippen molar-refractivity contribution >= 4 is 44.2 Å². The minimum atomic E-state index is 0. The molecule has 0 N–H and O–H groups in total. The molecule has 20 heavy (non-hydrogen) atoms. The number of para-hydroxylation sites is 1. The first-order valence-corrected chi connectivity index (χ1v) is 8.03. The molecule has 0 aliphatic carbocycles. The molecule has 1 aliphatic heterocycles. The summed E-state index contributed by atoms with van der Waals surface area (Å²) < 4.78 is 1.09. The van der Waals surface area contributed by atoms with Crippen molar-refractivity contribution in [2.24, 2.45) is 4.99 Å². The van der Waals surface area contributed by atoms with Gasteiger partial charge in [0, 0.05) is 10.2 Å². The van der Waals surface area contributed by atoms with Crippen LogP contribution in [0.25, 0.3) is 0 Å². The second kappa shape index (κ2) is 6.78. The minimum Gasteiger partial charge on any atom is -1.00 e. The third kappa shape index (κ3) is 3.10. The van der Waals surface area contributed by atoms with Crippen LogP contribution in [0.3, 0.4) is 0 Å². The van der Waals surface area contributed by atoms with E-state index in [1.54, 1.807) is 11.8 Å². The van der Waals surface area contributed by atoms with Crippen LogP contribution in [0.2, 0.25) is 0 Å². The summed E-state index contributed by atoms with van der Waals surface area (Å²) in [5.74, 6) is 0. The fourth-order valence-corrected chi connectivity index (χ4v) is 2.98. The highest BCUT2D eigenvalue weighted by molar-refractivity contribution is 9.10. The fraction of sp³-hybridized carbons (Fsp3) is 0.133. The molecule has 0 amide bonds. The summed E-state index contributed by atoms with van der Waals surface area (Å²) in [6.07, 6.45) is 2.07. The van der Waals surface area contributed by atoms with Crippen LogP contribution in [0.15, 0.2) is 58.0 Å². The van der Waals surface area contributed by atoms with Crippen molar-refractivity contribution < 1.29 is 17.0 Å². The maximum atomic E-state index is 4.74. The van der Waals surface area contributed by atoms with Crippen molar-refractivity contribution in [1.82, 2.24) is 0 Å². The van der Waals surface area contributed by atoms with E-state index in [0.29, 0.717) is 0 Å². The van der Waals surface area contributed by atoms with Gasteiger partial charge < -0.3 is 21.9 Å². The fourth-order valence-electron chi connectivity index (χ4n) is 2.13. The smallest absolute Gasteiger partial charge is 0.168 e. The van der Waals surface area contributed by atoms with E-state index >= 15 is 0 Å². The number of benzene rings is 2. The first-order chi connectivity index (χ1) is 9.28. The number of nitrogens with zero attached hydrogens (tertiary/aromatic N) is 2. The highest BCUT2D eigenvalue weighted by Crippen LogP contribution is 2.32. The highest BCUT2D eigenvalue weighted by atomic mass is 79.9. The lowest BCUT2D eigenvalue weighted by Gasteiger charge is -2.29. The first kappa shape index (κ1) is 15.6. The zero-order valence-corrected chi connectivity index (χ0v) is 14.9. The van der Waals surface area contributed by atoms with Crippen LogP contribution in [0.5, 0.6) is 0 Å². The van der Waals surface area contributed by atoms with E-state index in [1.165, 1.54) is 11.3 Å². The molecule has 0 bridgehead atoms. The largest absolute Gasteiger partial charge is 1.00 e. The molecule has 2 nitrogen and oxygen atoms in total. The average Bonchev–Trinajstić information content (AvgIpc) is 2.46. The van der Waals surface area contributed by atoms with Gasteiger partial charge in [0.05, 0.1) is 12.2 Å². The Morgan fingerprint density at radius 2 is 1.80 bits per heavy atom. The predicted octanol–water partition coefficient (Wildman–Crippen LogP) is 1.82. The van der Waals surface area contributed by atoms with Gasteiger partial charge in [0.1, 0.15) is 0 Å². The van der Waals surface area contributed by atoms with E-state index in [0.717, 1.165) is 21.9 Å². The van der Waals surface area contributed by atoms with Crippen molar-refractivity contribution in [2.75, 3.05) is 11.2 Å². The summed E-state index contributed by atoms with van der Waals surface area (Å²) in [4.78, 5) is 6.99. The second-order valence-electron chi connectivity index (χ2n) is 4.29. The molecule has 3 rings (SSSR count). The maximum absolute atomic E-state index is 4.74. The molecule has 0 fully saturated rings. The summed E-state index contributed by atoms with van der Waals surface area (Å²) >= 11 is 5.15. The maximum Gasteiger partial charge on any atom is 0.168 e. The minimum absolute atomic E-state index is 0. The summed E-state index contributed by atoms with van der Waals surface area (Å²) in [5, 5.41) is 1.04. The van der Waals surface area contributed by atoms with Crippen LogP contribution in [0.1, 0.15) is 5.56 Å². The van der Waals surface area contributed by atoms with E-state index in [4.69, 9.17) is 4.99 Å². The van der Waals surface area contributed by atoms with Crippen LogP contribution in [0.4, 0.5) is 11.4 Å². The Kier molecular flexibility index (Phi) is 5.29. The Labute approximate surface area is 142 Å². The Hall–Kier alpha value is -0.780. The van der Waals surface area contributed by atoms with E-state index in [-0.39, 0.29) is 17.0 Å². The lowest BCUT2D eigenvalue weighted by atomic mass is 10.1. The van der Waals surface area contributed by atoms with Gasteiger partial charge in [-0.05, 0) is 42.2 Å². The number of aliphatic imine (C=N–C) groups is 1. The van der Waals surface area contributed by atoms with Crippen molar-refractivity contribution in [1.29, 1.82) is 0 Å². The summed E-state index contributed by atoms with van der Waals surface area (Å²) in [6.45, 7) is 0.872. The normalized spacial score (nSPS) is 13.3. The van der Waals surface area contributed by atoms with E-state index in [2.05, 4.69) is 69.6 Å². The SMILES string of the molecule is CSC1=Nc2ccccc2CN1c1ccc(Br)cc1.[Br-]. The Balaban J connectivity index is 0.00000147. The molecule has 2 aromatic rings. The molecular formula is C15H13Br2N2S-. The number of amidine groups is 1. The third-order valence-electron chi connectivity index (χ3n) is 3.09. The summed E-state index contributed by atoms with van der Waals surface area (Å²) in [6, 6.07) is 16.7. The van der Waals surface area contributed by atoms with Gasteiger partial charge in [0.25, 0.3) is 0 Å². The molecule has 0 saturated heterocycles. The molecule has 0 saturated carbocycles. The van der Waals surface area contributed by atoms with E-state index in [1.807, 2.05) is 6.07 Å². The number of hydrogen-bond acceptors (Lipinski definition) is 3. The lowest BCUT2D eigenvalue weighted by molar-refractivity contribution is -0.00000360. The second-order valence-corrected chi connectivity index (χ2v) is 5.98. The number of rotatable bonds is 1. The molecule has 0 radical (unpaired) electrons. The molecular weight excluding hydrogens is 400 g/mol. The van der Waals surface area contributed by atoms with Crippen molar-refractivity contribution in [3.8, 4) is 0 Å². The molecule has 104 valence electrons. The van der Waals surface area contributed by atoms with Crippen LogP contribution >= 0.6 is 27.7 Å². The van der Waals surface area contributed by atoms with E-state index in [9.17, 15) is 0 Å². The third-order valence-corrected chi connectivity index (χ3v) is 4.29.